The first kappa shape index (κ1) is 13.2. The standard InChI is InChI=1S/C12H23N3O/c1-4-6-15-10-13-8-12(15)9-14-11(2)5-7-16-3/h8,10-11,14H,4-7,9H2,1-3H3. The van der Waals surface area contributed by atoms with Gasteiger partial charge in [-0.05, 0) is 19.8 Å². The van der Waals surface area contributed by atoms with Gasteiger partial charge in [-0.2, -0.15) is 0 Å². The molecule has 92 valence electrons. The van der Waals surface area contributed by atoms with Gasteiger partial charge in [-0.25, -0.2) is 4.98 Å². The second-order valence-electron chi connectivity index (χ2n) is 4.14. The highest BCUT2D eigenvalue weighted by Crippen LogP contribution is 2.02. The van der Waals surface area contributed by atoms with E-state index in [0.717, 1.165) is 32.5 Å². The molecule has 0 aliphatic carbocycles. The Balaban J connectivity index is 2.32. The second kappa shape index (κ2) is 7.41. The molecule has 1 aromatic rings. The Bertz CT molecular complexity index is 286. The third-order valence-corrected chi connectivity index (χ3v) is 2.65. The highest BCUT2D eigenvalue weighted by molar-refractivity contribution is 4.98. The van der Waals surface area contributed by atoms with Crippen LogP contribution in [0, 0.1) is 0 Å². The van der Waals surface area contributed by atoms with Gasteiger partial charge in [0.05, 0.1) is 12.0 Å². The Hall–Kier alpha value is -0.870. The molecular formula is C12H23N3O. The first-order valence-corrected chi connectivity index (χ1v) is 5.99. The summed E-state index contributed by atoms with van der Waals surface area (Å²) in [5.74, 6) is 0. The van der Waals surface area contributed by atoms with Crippen molar-refractivity contribution in [2.45, 2.75) is 45.8 Å². The topological polar surface area (TPSA) is 39.1 Å². The Morgan fingerprint density at radius 1 is 1.56 bits per heavy atom. The zero-order chi connectivity index (χ0) is 11.8. The zero-order valence-corrected chi connectivity index (χ0v) is 10.6. The molecule has 0 amide bonds. The third kappa shape index (κ3) is 4.33. The van der Waals surface area contributed by atoms with E-state index in [4.69, 9.17) is 4.74 Å². The smallest absolute Gasteiger partial charge is 0.0948 e. The molecule has 0 spiro atoms. The monoisotopic (exact) mass is 225 g/mol. The molecule has 1 atom stereocenters. The van der Waals surface area contributed by atoms with Crippen molar-refractivity contribution in [3.63, 3.8) is 0 Å². The van der Waals surface area contributed by atoms with E-state index in [1.807, 2.05) is 12.5 Å². The molecule has 4 nitrogen and oxygen atoms in total. The average Bonchev–Trinajstić information content (AvgIpc) is 2.72. The van der Waals surface area contributed by atoms with Crippen molar-refractivity contribution in [2.75, 3.05) is 13.7 Å². The van der Waals surface area contributed by atoms with Crippen LogP contribution in [-0.2, 0) is 17.8 Å². The lowest BCUT2D eigenvalue weighted by Crippen LogP contribution is -2.27. The van der Waals surface area contributed by atoms with Crippen LogP contribution in [-0.4, -0.2) is 29.3 Å². The zero-order valence-electron chi connectivity index (χ0n) is 10.6. The van der Waals surface area contributed by atoms with Crippen LogP contribution in [0.3, 0.4) is 0 Å². The lowest BCUT2D eigenvalue weighted by Gasteiger charge is -2.14. The van der Waals surface area contributed by atoms with Gasteiger partial charge in [0, 0.05) is 39.0 Å². The van der Waals surface area contributed by atoms with Crippen molar-refractivity contribution >= 4 is 0 Å². The minimum Gasteiger partial charge on any atom is -0.385 e. The molecule has 0 bridgehead atoms. The SMILES string of the molecule is CCCn1cncc1CNC(C)CCOC. The Labute approximate surface area is 98.0 Å². The molecule has 1 heterocycles. The van der Waals surface area contributed by atoms with Gasteiger partial charge in [0.25, 0.3) is 0 Å². The lowest BCUT2D eigenvalue weighted by atomic mass is 10.2. The van der Waals surface area contributed by atoms with Gasteiger partial charge >= 0.3 is 0 Å². The summed E-state index contributed by atoms with van der Waals surface area (Å²) < 4.78 is 7.26. The van der Waals surface area contributed by atoms with E-state index in [2.05, 4.69) is 28.7 Å². The highest BCUT2D eigenvalue weighted by Gasteiger charge is 2.04. The molecule has 0 saturated heterocycles. The minimum absolute atomic E-state index is 0.477. The number of hydrogen-bond donors (Lipinski definition) is 1. The van der Waals surface area contributed by atoms with Crippen LogP contribution in [0.4, 0.5) is 0 Å². The largest absolute Gasteiger partial charge is 0.385 e. The van der Waals surface area contributed by atoms with Gasteiger partial charge in [0.2, 0.25) is 0 Å². The third-order valence-electron chi connectivity index (χ3n) is 2.65. The number of aromatic nitrogens is 2. The van der Waals surface area contributed by atoms with E-state index < -0.39 is 0 Å². The van der Waals surface area contributed by atoms with Crippen LogP contribution < -0.4 is 5.32 Å². The van der Waals surface area contributed by atoms with Gasteiger partial charge in [-0.3, -0.25) is 0 Å². The van der Waals surface area contributed by atoms with E-state index in [0.29, 0.717) is 6.04 Å². The first-order chi connectivity index (χ1) is 7.77. The van der Waals surface area contributed by atoms with E-state index in [1.54, 1.807) is 7.11 Å². The number of imidazole rings is 1. The molecule has 0 saturated carbocycles. The van der Waals surface area contributed by atoms with Crippen molar-refractivity contribution < 1.29 is 4.74 Å². The highest BCUT2D eigenvalue weighted by atomic mass is 16.5. The predicted molar refractivity (Wildman–Crippen MR) is 65.3 cm³/mol. The molecule has 16 heavy (non-hydrogen) atoms. The molecule has 1 N–H and O–H groups in total. The van der Waals surface area contributed by atoms with Crippen LogP contribution in [0.15, 0.2) is 12.5 Å². The van der Waals surface area contributed by atoms with E-state index in [-0.39, 0.29) is 0 Å². The maximum atomic E-state index is 5.05. The number of nitrogens with zero attached hydrogens (tertiary/aromatic N) is 2. The van der Waals surface area contributed by atoms with E-state index >= 15 is 0 Å². The molecule has 0 aliphatic rings. The molecular weight excluding hydrogens is 202 g/mol. The summed E-state index contributed by atoms with van der Waals surface area (Å²) >= 11 is 0. The molecule has 0 radical (unpaired) electrons. The summed E-state index contributed by atoms with van der Waals surface area (Å²) in [4.78, 5) is 4.18. The Morgan fingerprint density at radius 2 is 2.38 bits per heavy atom. The van der Waals surface area contributed by atoms with Crippen molar-refractivity contribution in [1.82, 2.24) is 14.9 Å². The normalized spacial score (nSPS) is 12.9. The molecule has 1 rings (SSSR count). The quantitative estimate of drug-likeness (QED) is 0.733. The fourth-order valence-corrected chi connectivity index (χ4v) is 1.61. The molecule has 0 aliphatic heterocycles. The fourth-order valence-electron chi connectivity index (χ4n) is 1.61. The summed E-state index contributed by atoms with van der Waals surface area (Å²) in [5, 5.41) is 3.48. The Kier molecular flexibility index (Phi) is 6.11. The lowest BCUT2D eigenvalue weighted by molar-refractivity contribution is 0.184. The maximum Gasteiger partial charge on any atom is 0.0948 e. The predicted octanol–water partition coefficient (Wildman–Crippen LogP) is 1.81. The summed E-state index contributed by atoms with van der Waals surface area (Å²) in [6.45, 7) is 7.09. The minimum atomic E-state index is 0.477. The maximum absolute atomic E-state index is 5.05. The van der Waals surface area contributed by atoms with E-state index in [1.165, 1.54) is 5.69 Å². The summed E-state index contributed by atoms with van der Waals surface area (Å²) in [5.41, 5.74) is 1.26. The number of aryl methyl sites for hydroxylation is 1. The van der Waals surface area contributed by atoms with Crippen molar-refractivity contribution in [2.24, 2.45) is 0 Å². The number of methoxy groups -OCH3 is 1. The van der Waals surface area contributed by atoms with Crippen molar-refractivity contribution in [3.05, 3.63) is 18.2 Å². The number of ether oxygens (including phenoxy) is 1. The fraction of sp³-hybridized carbons (Fsp3) is 0.750. The van der Waals surface area contributed by atoms with Crippen LogP contribution in [0.1, 0.15) is 32.4 Å². The van der Waals surface area contributed by atoms with Gasteiger partial charge in [0.15, 0.2) is 0 Å². The van der Waals surface area contributed by atoms with Gasteiger partial charge < -0.3 is 14.6 Å². The van der Waals surface area contributed by atoms with Crippen molar-refractivity contribution in [3.8, 4) is 0 Å². The molecule has 1 unspecified atom stereocenters. The average molecular weight is 225 g/mol. The van der Waals surface area contributed by atoms with Gasteiger partial charge in [0.1, 0.15) is 0 Å². The van der Waals surface area contributed by atoms with Gasteiger partial charge in [-0.15, -0.1) is 0 Å². The molecule has 0 fully saturated rings. The summed E-state index contributed by atoms with van der Waals surface area (Å²) in [7, 11) is 1.74. The van der Waals surface area contributed by atoms with Crippen LogP contribution in [0.5, 0.6) is 0 Å². The van der Waals surface area contributed by atoms with Crippen LogP contribution in [0.25, 0.3) is 0 Å². The first-order valence-electron chi connectivity index (χ1n) is 5.99. The van der Waals surface area contributed by atoms with Crippen molar-refractivity contribution in [1.29, 1.82) is 0 Å². The molecule has 0 aromatic carbocycles. The van der Waals surface area contributed by atoms with Crippen LogP contribution >= 0.6 is 0 Å². The van der Waals surface area contributed by atoms with Gasteiger partial charge in [-0.1, -0.05) is 6.92 Å². The molecule has 1 aromatic heterocycles. The number of hydrogen-bond acceptors (Lipinski definition) is 3. The molecule has 4 heteroatoms. The van der Waals surface area contributed by atoms with Crippen LogP contribution in [0.2, 0.25) is 0 Å². The summed E-state index contributed by atoms with van der Waals surface area (Å²) in [6.07, 6.45) is 6.02. The summed E-state index contributed by atoms with van der Waals surface area (Å²) in [6, 6.07) is 0.477. The second-order valence-corrected chi connectivity index (χ2v) is 4.14. The Morgan fingerprint density at radius 3 is 3.06 bits per heavy atom. The number of rotatable bonds is 8. The van der Waals surface area contributed by atoms with E-state index in [9.17, 15) is 0 Å². The number of nitrogens with one attached hydrogen (secondary N) is 1.